The highest BCUT2D eigenvalue weighted by atomic mass is 35.5. The van der Waals surface area contributed by atoms with Gasteiger partial charge in [-0.2, -0.15) is 0 Å². The summed E-state index contributed by atoms with van der Waals surface area (Å²) in [4.78, 5) is 0. The van der Waals surface area contributed by atoms with Crippen LogP contribution in [0.25, 0.3) is 0 Å². The second kappa shape index (κ2) is 2.82. The average Bonchev–Trinajstić information content (AvgIpc) is 1.86. The molecule has 0 heterocycles. The van der Waals surface area contributed by atoms with Gasteiger partial charge in [0.05, 0.1) is 0 Å². The molecule has 0 aliphatic carbocycles. The van der Waals surface area contributed by atoms with Crippen molar-refractivity contribution >= 4 is 11.6 Å². The molecule has 0 nitrogen and oxygen atoms in total. The quantitative estimate of drug-likeness (QED) is 0.570. The van der Waals surface area contributed by atoms with Gasteiger partial charge in [0.15, 0.2) is 0 Å². The van der Waals surface area contributed by atoms with E-state index in [9.17, 15) is 4.39 Å². The molecule has 0 amide bonds. The van der Waals surface area contributed by atoms with Gasteiger partial charge < -0.3 is 0 Å². The topological polar surface area (TPSA) is 0 Å². The fourth-order valence-corrected chi connectivity index (χ4v) is 1.28. The van der Waals surface area contributed by atoms with E-state index in [1.807, 2.05) is 19.1 Å². The molecule has 0 N–H and O–H groups in total. The lowest BCUT2D eigenvalue weighted by molar-refractivity contribution is 0.313. The third-order valence-electron chi connectivity index (χ3n) is 1.62. The summed E-state index contributed by atoms with van der Waals surface area (Å²) in [5.74, 6) is 0. The summed E-state index contributed by atoms with van der Waals surface area (Å²) in [6, 6.07) is 7.18. The zero-order valence-electron chi connectivity index (χ0n) is 6.57. The lowest BCUT2D eigenvalue weighted by atomic mass is 10.1. The molecule has 2 heteroatoms. The van der Waals surface area contributed by atoms with E-state index in [1.165, 1.54) is 6.92 Å². The molecule has 1 atom stereocenters. The summed E-state index contributed by atoms with van der Waals surface area (Å²) in [6.45, 7) is 3.19. The predicted molar refractivity (Wildman–Crippen MR) is 45.5 cm³/mol. The number of rotatable bonds is 1. The van der Waals surface area contributed by atoms with E-state index in [0.717, 1.165) is 5.56 Å². The third kappa shape index (κ3) is 1.93. The van der Waals surface area contributed by atoms with Gasteiger partial charge in [-0.25, -0.2) is 4.39 Å². The fraction of sp³-hybridized carbons (Fsp3) is 0.333. The molecule has 0 saturated heterocycles. The second-order valence-corrected chi connectivity index (χ2v) is 3.41. The molecule has 0 aromatic heterocycles. The fourth-order valence-electron chi connectivity index (χ4n) is 1.07. The van der Waals surface area contributed by atoms with E-state index in [4.69, 9.17) is 11.6 Å². The van der Waals surface area contributed by atoms with Crippen LogP contribution in [0.5, 0.6) is 0 Å². The zero-order chi connectivity index (χ0) is 8.48. The minimum Gasteiger partial charge on any atom is -0.221 e. The van der Waals surface area contributed by atoms with Crippen LogP contribution in [0, 0.1) is 6.92 Å². The molecule has 1 unspecified atom stereocenters. The van der Waals surface area contributed by atoms with Crippen molar-refractivity contribution < 1.29 is 4.39 Å². The Morgan fingerprint density at radius 2 is 1.91 bits per heavy atom. The van der Waals surface area contributed by atoms with Crippen LogP contribution < -0.4 is 0 Å². The Balaban J connectivity index is 3.14. The highest BCUT2D eigenvalue weighted by Crippen LogP contribution is 2.31. The highest BCUT2D eigenvalue weighted by molar-refractivity contribution is 6.22. The molecule has 1 rings (SSSR count). The van der Waals surface area contributed by atoms with E-state index < -0.39 is 5.13 Å². The average molecular weight is 173 g/mol. The number of hydrogen-bond acceptors (Lipinski definition) is 0. The number of halogens is 2. The van der Waals surface area contributed by atoms with Crippen LogP contribution in [0.1, 0.15) is 18.1 Å². The first-order valence-electron chi connectivity index (χ1n) is 3.46. The maximum atomic E-state index is 13.1. The molecule has 0 aliphatic heterocycles. The van der Waals surface area contributed by atoms with Gasteiger partial charge in [0.1, 0.15) is 0 Å². The van der Waals surface area contributed by atoms with E-state index in [2.05, 4.69) is 0 Å². The van der Waals surface area contributed by atoms with Crippen molar-refractivity contribution in [3.63, 3.8) is 0 Å². The van der Waals surface area contributed by atoms with E-state index >= 15 is 0 Å². The lowest BCUT2D eigenvalue weighted by Gasteiger charge is -2.14. The van der Waals surface area contributed by atoms with Gasteiger partial charge in [0.2, 0.25) is 5.13 Å². The third-order valence-corrected chi connectivity index (χ3v) is 1.82. The molecule has 0 fully saturated rings. The van der Waals surface area contributed by atoms with Crippen LogP contribution in [0.3, 0.4) is 0 Å². The molecule has 1 aromatic carbocycles. The molecule has 0 saturated carbocycles. The number of aryl methyl sites for hydroxylation is 1. The van der Waals surface area contributed by atoms with Crippen LogP contribution in [0.15, 0.2) is 24.3 Å². The molecule has 60 valence electrons. The Hall–Kier alpha value is -0.560. The summed E-state index contributed by atoms with van der Waals surface area (Å²) in [7, 11) is 0. The maximum absolute atomic E-state index is 13.1. The monoisotopic (exact) mass is 172 g/mol. The molecule has 11 heavy (non-hydrogen) atoms. The molecular weight excluding hydrogens is 163 g/mol. The van der Waals surface area contributed by atoms with Crippen molar-refractivity contribution in [1.29, 1.82) is 0 Å². The Labute approximate surface area is 71.0 Å². The Morgan fingerprint density at radius 3 is 2.27 bits per heavy atom. The smallest absolute Gasteiger partial charge is 0.206 e. The Kier molecular flexibility index (Phi) is 2.19. The first-order chi connectivity index (χ1) is 5.02. The second-order valence-electron chi connectivity index (χ2n) is 2.70. The van der Waals surface area contributed by atoms with Crippen LogP contribution in [-0.2, 0) is 5.13 Å². The van der Waals surface area contributed by atoms with Crippen LogP contribution in [-0.4, -0.2) is 0 Å². The molecular formula is C9H10ClF. The van der Waals surface area contributed by atoms with Gasteiger partial charge in [-0.1, -0.05) is 35.9 Å². The van der Waals surface area contributed by atoms with Crippen molar-refractivity contribution in [2.45, 2.75) is 19.0 Å². The summed E-state index contributed by atoms with van der Waals surface area (Å²) in [5.41, 5.74) is 1.43. The highest BCUT2D eigenvalue weighted by Gasteiger charge is 2.22. The van der Waals surface area contributed by atoms with E-state index in [-0.39, 0.29) is 0 Å². The molecule has 0 bridgehead atoms. The van der Waals surface area contributed by atoms with Crippen molar-refractivity contribution in [3.8, 4) is 0 Å². The van der Waals surface area contributed by atoms with Gasteiger partial charge in [-0.05, 0) is 19.4 Å². The summed E-state index contributed by atoms with van der Waals surface area (Å²) >= 11 is 5.50. The van der Waals surface area contributed by atoms with Gasteiger partial charge in [-0.3, -0.25) is 0 Å². The molecule has 0 radical (unpaired) electrons. The van der Waals surface area contributed by atoms with Crippen molar-refractivity contribution in [3.05, 3.63) is 35.4 Å². The summed E-state index contributed by atoms with van der Waals surface area (Å²) < 4.78 is 13.1. The van der Waals surface area contributed by atoms with Crippen molar-refractivity contribution in [2.24, 2.45) is 0 Å². The number of benzene rings is 1. The zero-order valence-corrected chi connectivity index (χ0v) is 7.32. The number of alkyl halides is 2. The van der Waals surface area contributed by atoms with E-state index in [1.54, 1.807) is 12.1 Å². The molecule has 0 aliphatic rings. The first-order valence-corrected chi connectivity index (χ1v) is 3.83. The van der Waals surface area contributed by atoms with Crippen molar-refractivity contribution in [1.82, 2.24) is 0 Å². The van der Waals surface area contributed by atoms with Crippen LogP contribution in [0.2, 0.25) is 0 Å². The Morgan fingerprint density at radius 1 is 1.36 bits per heavy atom. The van der Waals surface area contributed by atoms with Gasteiger partial charge >= 0.3 is 0 Å². The Bertz CT molecular complexity index is 250. The SMILES string of the molecule is Cc1ccccc1C(C)(F)Cl. The predicted octanol–water partition coefficient (Wildman–Crippen LogP) is 3.38. The largest absolute Gasteiger partial charge is 0.221 e. The summed E-state index contributed by atoms with van der Waals surface area (Å²) in [6.07, 6.45) is 0. The number of hydrogen-bond donors (Lipinski definition) is 0. The van der Waals surface area contributed by atoms with Crippen molar-refractivity contribution in [2.75, 3.05) is 0 Å². The standard InChI is InChI=1S/C9H10ClF/c1-7-5-3-4-6-8(7)9(2,10)11/h3-6H,1-2H3. The normalized spacial score (nSPS) is 16.0. The van der Waals surface area contributed by atoms with Crippen LogP contribution in [0.4, 0.5) is 4.39 Å². The lowest BCUT2D eigenvalue weighted by Crippen LogP contribution is -2.06. The first kappa shape index (κ1) is 8.54. The van der Waals surface area contributed by atoms with E-state index in [0.29, 0.717) is 5.56 Å². The van der Waals surface area contributed by atoms with Gasteiger partial charge in [-0.15, -0.1) is 0 Å². The minimum atomic E-state index is -1.74. The molecule has 0 spiro atoms. The van der Waals surface area contributed by atoms with Gasteiger partial charge in [0, 0.05) is 5.56 Å². The molecule has 1 aromatic rings. The maximum Gasteiger partial charge on any atom is 0.206 e. The van der Waals surface area contributed by atoms with Gasteiger partial charge in [0.25, 0.3) is 0 Å². The van der Waals surface area contributed by atoms with Crippen LogP contribution >= 0.6 is 11.6 Å². The minimum absolute atomic E-state index is 0.543. The summed E-state index contributed by atoms with van der Waals surface area (Å²) in [5, 5.41) is -1.74.